The number of hydrogen-bond donors (Lipinski definition) is 2. The molecule has 1 atom stereocenters. The van der Waals surface area contributed by atoms with Crippen molar-refractivity contribution in [2.75, 3.05) is 16.2 Å². The molecular formula is C9H13ClN2OS. The minimum atomic E-state index is -1.06. The summed E-state index contributed by atoms with van der Waals surface area (Å²) >= 11 is 5.73. The van der Waals surface area contributed by atoms with Gasteiger partial charge in [0, 0.05) is 10.8 Å². The van der Waals surface area contributed by atoms with Crippen molar-refractivity contribution in [3.8, 4) is 0 Å². The fraction of sp³-hybridized carbons (Fsp3) is 0.333. The molecule has 5 heteroatoms. The number of halogens is 1. The van der Waals surface area contributed by atoms with Gasteiger partial charge in [-0.3, -0.25) is 0 Å². The number of benzene rings is 1. The van der Waals surface area contributed by atoms with E-state index in [1.165, 1.54) is 0 Å². The van der Waals surface area contributed by atoms with Crippen molar-refractivity contribution in [2.24, 2.45) is 0 Å². The van der Waals surface area contributed by atoms with Gasteiger partial charge in [-0.05, 0) is 24.6 Å². The molecule has 0 aliphatic rings. The lowest BCUT2D eigenvalue weighted by molar-refractivity contribution is 0.685. The van der Waals surface area contributed by atoms with Gasteiger partial charge in [-0.2, -0.15) is 0 Å². The summed E-state index contributed by atoms with van der Waals surface area (Å²) in [6.45, 7) is 1.98. The summed E-state index contributed by atoms with van der Waals surface area (Å²) < 4.78 is 14.2. The highest BCUT2D eigenvalue weighted by molar-refractivity contribution is 7.86. The SMILES string of the molecule is CCCS(=O)Nc1ccc(Cl)cc1N. The van der Waals surface area contributed by atoms with E-state index in [9.17, 15) is 4.21 Å². The molecule has 1 rings (SSSR count). The van der Waals surface area contributed by atoms with Gasteiger partial charge in [-0.1, -0.05) is 18.5 Å². The van der Waals surface area contributed by atoms with E-state index < -0.39 is 11.0 Å². The zero-order chi connectivity index (χ0) is 10.6. The fourth-order valence-corrected chi connectivity index (χ4v) is 2.07. The lowest BCUT2D eigenvalue weighted by Crippen LogP contribution is -2.09. The number of rotatable bonds is 4. The van der Waals surface area contributed by atoms with E-state index in [4.69, 9.17) is 17.3 Å². The fourth-order valence-electron chi connectivity index (χ4n) is 0.986. The highest BCUT2D eigenvalue weighted by atomic mass is 35.5. The molecule has 0 bridgehead atoms. The highest BCUT2D eigenvalue weighted by Crippen LogP contribution is 2.22. The molecule has 3 nitrogen and oxygen atoms in total. The first-order valence-corrected chi connectivity index (χ1v) is 6.03. The Morgan fingerprint density at radius 3 is 2.86 bits per heavy atom. The third-order valence-electron chi connectivity index (χ3n) is 1.63. The Morgan fingerprint density at radius 1 is 1.57 bits per heavy atom. The van der Waals surface area contributed by atoms with Gasteiger partial charge in [0.1, 0.15) is 11.0 Å². The van der Waals surface area contributed by atoms with Gasteiger partial charge < -0.3 is 10.5 Å². The molecule has 0 aliphatic heterocycles. The zero-order valence-electron chi connectivity index (χ0n) is 7.92. The minimum Gasteiger partial charge on any atom is -0.397 e. The van der Waals surface area contributed by atoms with E-state index in [1.54, 1.807) is 18.2 Å². The van der Waals surface area contributed by atoms with Crippen molar-refractivity contribution in [3.05, 3.63) is 23.2 Å². The number of nitrogens with one attached hydrogen (secondary N) is 1. The Bertz CT molecular complexity index is 344. The molecule has 0 spiro atoms. The quantitative estimate of drug-likeness (QED) is 0.784. The van der Waals surface area contributed by atoms with Crippen LogP contribution in [0.1, 0.15) is 13.3 Å². The first kappa shape index (κ1) is 11.3. The molecule has 0 aromatic heterocycles. The molecule has 0 heterocycles. The monoisotopic (exact) mass is 232 g/mol. The van der Waals surface area contributed by atoms with E-state index in [0.717, 1.165) is 6.42 Å². The third kappa shape index (κ3) is 3.20. The van der Waals surface area contributed by atoms with E-state index in [0.29, 0.717) is 22.2 Å². The zero-order valence-corrected chi connectivity index (χ0v) is 9.49. The summed E-state index contributed by atoms with van der Waals surface area (Å²) in [5, 5.41) is 0.578. The molecule has 1 aromatic carbocycles. The van der Waals surface area contributed by atoms with Crippen LogP contribution >= 0.6 is 11.6 Å². The van der Waals surface area contributed by atoms with Gasteiger partial charge in [0.15, 0.2) is 0 Å². The van der Waals surface area contributed by atoms with Crippen LogP contribution in [0.25, 0.3) is 0 Å². The molecule has 1 aromatic rings. The van der Waals surface area contributed by atoms with Crippen LogP contribution in [-0.4, -0.2) is 9.96 Å². The first-order valence-electron chi connectivity index (χ1n) is 4.33. The molecule has 0 amide bonds. The smallest absolute Gasteiger partial charge is 0.117 e. The molecule has 0 radical (unpaired) electrons. The number of anilines is 2. The molecule has 0 fully saturated rings. The maximum atomic E-state index is 11.4. The van der Waals surface area contributed by atoms with Crippen molar-refractivity contribution in [2.45, 2.75) is 13.3 Å². The Kier molecular flexibility index (Phi) is 4.22. The molecule has 0 saturated heterocycles. The molecule has 3 N–H and O–H groups in total. The molecule has 0 aliphatic carbocycles. The third-order valence-corrected chi connectivity index (χ3v) is 3.09. The average molecular weight is 233 g/mol. The second-order valence-corrected chi connectivity index (χ2v) is 4.62. The summed E-state index contributed by atoms with van der Waals surface area (Å²) in [6.07, 6.45) is 0.868. The second kappa shape index (κ2) is 5.22. The Hall–Kier alpha value is -0.740. The summed E-state index contributed by atoms with van der Waals surface area (Å²) in [4.78, 5) is 0. The normalized spacial score (nSPS) is 12.4. The Morgan fingerprint density at radius 2 is 2.29 bits per heavy atom. The van der Waals surface area contributed by atoms with E-state index in [-0.39, 0.29) is 0 Å². The molecular weight excluding hydrogens is 220 g/mol. The molecule has 0 saturated carbocycles. The largest absolute Gasteiger partial charge is 0.397 e. The number of hydrogen-bond acceptors (Lipinski definition) is 2. The van der Waals surface area contributed by atoms with Crippen LogP contribution in [0.2, 0.25) is 5.02 Å². The molecule has 1 unspecified atom stereocenters. The second-order valence-electron chi connectivity index (χ2n) is 2.88. The topological polar surface area (TPSA) is 55.1 Å². The van der Waals surface area contributed by atoms with Crippen LogP contribution in [0.4, 0.5) is 11.4 Å². The van der Waals surface area contributed by atoms with Crippen molar-refractivity contribution in [1.29, 1.82) is 0 Å². The van der Waals surface area contributed by atoms with Crippen LogP contribution < -0.4 is 10.5 Å². The van der Waals surface area contributed by atoms with Gasteiger partial charge in [0.25, 0.3) is 0 Å². The highest BCUT2D eigenvalue weighted by Gasteiger charge is 2.02. The van der Waals surface area contributed by atoms with Gasteiger partial charge in [-0.25, -0.2) is 4.21 Å². The van der Waals surface area contributed by atoms with Crippen LogP contribution in [0, 0.1) is 0 Å². The van der Waals surface area contributed by atoms with E-state index in [2.05, 4.69) is 4.72 Å². The lowest BCUT2D eigenvalue weighted by atomic mass is 10.3. The Labute approximate surface area is 91.2 Å². The van der Waals surface area contributed by atoms with Crippen LogP contribution in [0.15, 0.2) is 18.2 Å². The van der Waals surface area contributed by atoms with Gasteiger partial charge in [0.2, 0.25) is 0 Å². The van der Waals surface area contributed by atoms with E-state index >= 15 is 0 Å². The molecule has 14 heavy (non-hydrogen) atoms. The van der Waals surface area contributed by atoms with Crippen LogP contribution in [0.5, 0.6) is 0 Å². The van der Waals surface area contributed by atoms with Crippen molar-refractivity contribution >= 4 is 34.0 Å². The predicted octanol–water partition coefficient (Wildman–Crippen LogP) is 2.41. The van der Waals surface area contributed by atoms with Crippen molar-refractivity contribution < 1.29 is 4.21 Å². The van der Waals surface area contributed by atoms with Crippen molar-refractivity contribution in [1.82, 2.24) is 0 Å². The van der Waals surface area contributed by atoms with Crippen molar-refractivity contribution in [3.63, 3.8) is 0 Å². The maximum Gasteiger partial charge on any atom is 0.117 e. The van der Waals surface area contributed by atoms with Crippen LogP contribution in [0.3, 0.4) is 0 Å². The van der Waals surface area contributed by atoms with Gasteiger partial charge in [0.05, 0.1) is 11.4 Å². The maximum absolute atomic E-state index is 11.4. The Balaban J connectivity index is 2.72. The number of nitrogens with two attached hydrogens (primary N) is 1. The first-order chi connectivity index (χ1) is 6.63. The predicted molar refractivity (Wildman–Crippen MR) is 62.8 cm³/mol. The summed E-state index contributed by atoms with van der Waals surface area (Å²) in [5.74, 6) is 0.613. The van der Waals surface area contributed by atoms with Gasteiger partial charge >= 0.3 is 0 Å². The minimum absolute atomic E-state index is 0.516. The van der Waals surface area contributed by atoms with Gasteiger partial charge in [-0.15, -0.1) is 0 Å². The average Bonchev–Trinajstić information content (AvgIpc) is 2.10. The summed E-state index contributed by atoms with van der Waals surface area (Å²) in [5.41, 5.74) is 6.87. The number of nitrogen functional groups attached to an aromatic ring is 1. The summed E-state index contributed by atoms with van der Waals surface area (Å²) in [7, 11) is -1.06. The summed E-state index contributed by atoms with van der Waals surface area (Å²) in [6, 6.07) is 5.07. The standard InChI is InChI=1S/C9H13ClN2OS/c1-2-5-14(13)12-9-4-3-7(10)6-8(9)11/h3-4,6,12H,2,5,11H2,1H3. The molecule has 78 valence electrons. The van der Waals surface area contributed by atoms with Crippen LogP contribution in [-0.2, 0) is 11.0 Å². The van der Waals surface area contributed by atoms with E-state index in [1.807, 2.05) is 6.92 Å². The lowest BCUT2D eigenvalue weighted by Gasteiger charge is -2.07.